The minimum atomic E-state index is -1.22. The van der Waals surface area contributed by atoms with Crippen LogP contribution < -0.4 is 10.6 Å². The van der Waals surface area contributed by atoms with E-state index in [1.165, 1.54) is 19.1 Å². The van der Waals surface area contributed by atoms with Crippen molar-refractivity contribution in [3.63, 3.8) is 0 Å². The average Bonchev–Trinajstić information content (AvgIpc) is 3.34. The fourth-order valence-electron chi connectivity index (χ4n) is 4.37. The van der Waals surface area contributed by atoms with Crippen molar-refractivity contribution >= 4 is 30.0 Å². The highest BCUT2D eigenvalue weighted by Crippen LogP contribution is 2.34. The fraction of sp³-hybridized carbons (Fsp3) is 0.520. The van der Waals surface area contributed by atoms with E-state index in [4.69, 9.17) is 4.42 Å². The second-order valence-corrected chi connectivity index (χ2v) is 10.9. The van der Waals surface area contributed by atoms with E-state index in [1.54, 1.807) is 32.3 Å². The molecule has 0 unspecified atom stereocenters. The van der Waals surface area contributed by atoms with Crippen molar-refractivity contribution in [1.29, 1.82) is 0 Å². The van der Waals surface area contributed by atoms with E-state index in [0.29, 0.717) is 22.5 Å². The average molecular weight is 497 g/mol. The predicted molar refractivity (Wildman–Crippen MR) is 137 cm³/mol. The van der Waals surface area contributed by atoms with Gasteiger partial charge in [-0.15, -0.1) is 0 Å². The highest BCUT2D eigenvalue weighted by atomic mass is 32.1. The van der Waals surface area contributed by atoms with Crippen molar-refractivity contribution in [2.45, 2.75) is 69.3 Å². The van der Waals surface area contributed by atoms with Crippen LogP contribution in [0.2, 0.25) is 0 Å². The van der Waals surface area contributed by atoms with Gasteiger partial charge in [0.2, 0.25) is 5.89 Å². The molecule has 0 aliphatic heterocycles. The summed E-state index contributed by atoms with van der Waals surface area (Å²) in [5.41, 5.74) is 0.555. The van der Waals surface area contributed by atoms with E-state index in [0.717, 1.165) is 49.5 Å². The van der Waals surface area contributed by atoms with Crippen LogP contribution in [0.15, 0.2) is 35.2 Å². The summed E-state index contributed by atoms with van der Waals surface area (Å²) in [6.07, 6.45) is 11.3. The third-order valence-corrected chi connectivity index (χ3v) is 7.13. The van der Waals surface area contributed by atoms with E-state index in [1.807, 2.05) is 10.7 Å². The van der Waals surface area contributed by atoms with Gasteiger partial charge in [0.15, 0.2) is 5.69 Å². The fourth-order valence-corrected chi connectivity index (χ4v) is 4.67. The summed E-state index contributed by atoms with van der Waals surface area (Å²) >= 11 is 4.58. The summed E-state index contributed by atoms with van der Waals surface area (Å²) in [6.45, 7) is 4.22. The van der Waals surface area contributed by atoms with Gasteiger partial charge in [0, 0.05) is 29.8 Å². The molecule has 3 aromatic heterocycles. The smallest absolute Gasteiger partial charge is 0.277 e. The largest absolute Gasteiger partial charge is 0.444 e. The monoisotopic (exact) mass is 496 g/mol. The lowest BCUT2D eigenvalue weighted by Gasteiger charge is -2.26. The van der Waals surface area contributed by atoms with Crippen LogP contribution in [0.5, 0.6) is 0 Å². The molecule has 0 spiro atoms. The van der Waals surface area contributed by atoms with Crippen molar-refractivity contribution in [1.82, 2.24) is 19.7 Å². The summed E-state index contributed by atoms with van der Waals surface area (Å²) in [4.78, 5) is 21.8. The molecule has 2 fully saturated rings. The third-order valence-electron chi connectivity index (χ3n) is 6.61. The summed E-state index contributed by atoms with van der Waals surface area (Å²) in [6, 6.07) is 3.88. The second-order valence-electron chi connectivity index (χ2n) is 10.1. The number of hydrogen-bond acceptors (Lipinski definition) is 8. The predicted octanol–water partition coefficient (Wildman–Crippen LogP) is 4.65. The van der Waals surface area contributed by atoms with E-state index in [2.05, 4.69) is 38.3 Å². The number of carbonyl (C=O) groups excluding carboxylic acids is 1. The molecule has 0 atom stereocenters. The van der Waals surface area contributed by atoms with Crippen molar-refractivity contribution in [2.24, 2.45) is 5.92 Å². The lowest BCUT2D eigenvalue weighted by Crippen LogP contribution is -2.22. The van der Waals surface area contributed by atoms with E-state index in [-0.39, 0.29) is 11.7 Å². The Hall–Kier alpha value is -2.85. The van der Waals surface area contributed by atoms with E-state index in [9.17, 15) is 9.90 Å². The van der Waals surface area contributed by atoms with Crippen molar-refractivity contribution in [3.05, 3.63) is 42.2 Å². The number of pyridine rings is 1. The quantitative estimate of drug-likeness (QED) is 0.335. The van der Waals surface area contributed by atoms with Crippen LogP contribution in [-0.4, -0.2) is 42.6 Å². The molecule has 10 heteroatoms. The number of nitrogens with one attached hydrogen (secondary N) is 2. The number of hydrogen-bond donors (Lipinski definition) is 4. The Kier molecular flexibility index (Phi) is 6.59. The van der Waals surface area contributed by atoms with Crippen LogP contribution in [0.1, 0.15) is 74.6 Å². The first-order chi connectivity index (χ1) is 16.8. The molecule has 0 aromatic carbocycles. The molecule has 9 nitrogen and oxygen atoms in total. The molecule has 1 amide bonds. The van der Waals surface area contributed by atoms with Gasteiger partial charge in [-0.1, -0.05) is 0 Å². The van der Waals surface area contributed by atoms with Gasteiger partial charge >= 0.3 is 0 Å². The van der Waals surface area contributed by atoms with Gasteiger partial charge in [-0.25, -0.2) is 9.97 Å². The zero-order valence-corrected chi connectivity index (χ0v) is 21.0. The topological polar surface area (TPSA) is 118 Å². The Balaban J connectivity index is 1.31. The number of rotatable bonds is 8. The third kappa shape index (κ3) is 5.70. The lowest BCUT2D eigenvalue weighted by atomic mass is 9.95. The number of nitrogens with zero attached hydrogens (tertiary/aromatic N) is 4. The van der Waals surface area contributed by atoms with E-state index < -0.39 is 11.5 Å². The standard InChI is InChI=1S/C25H32N6O3S/c1-25(2,33)22-19(13-31(30-22)17-5-7-18(35)8-6-17)28-23(32)20-14-34-24(29-20)16-9-10-26-21(11-16)27-12-15-3-4-15/h9-11,13-15,17-18,33,35H,3-8,12H2,1-2H3,(H,26,27)(H,28,32)/t17-,18-. The summed E-state index contributed by atoms with van der Waals surface area (Å²) in [5.74, 6) is 1.40. The zero-order chi connectivity index (χ0) is 24.6. The molecular weight excluding hydrogens is 464 g/mol. The van der Waals surface area contributed by atoms with Gasteiger partial charge in [0.05, 0.1) is 11.7 Å². The first-order valence-electron chi connectivity index (χ1n) is 12.2. The minimum absolute atomic E-state index is 0.148. The van der Waals surface area contributed by atoms with Gasteiger partial charge in [0.1, 0.15) is 23.4 Å². The van der Waals surface area contributed by atoms with Crippen LogP contribution in [0.25, 0.3) is 11.5 Å². The molecule has 2 aliphatic carbocycles. The highest BCUT2D eigenvalue weighted by molar-refractivity contribution is 7.80. The van der Waals surface area contributed by atoms with E-state index >= 15 is 0 Å². The number of carbonyl (C=O) groups is 1. The molecule has 2 saturated carbocycles. The summed E-state index contributed by atoms with van der Waals surface area (Å²) in [5, 5.41) is 22.0. The van der Waals surface area contributed by atoms with Gasteiger partial charge in [-0.3, -0.25) is 9.48 Å². The number of aromatic nitrogens is 4. The summed E-state index contributed by atoms with van der Waals surface area (Å²) < 4.78 is 7.47. The molecule has 0 saturated heterocycles. The molecule has 2 aliphatic rings. The van der Waals surface area contributed by atoms with Crippen molar-refractivity contribution < 1.29 is 14.3 Å². The number of anilines is 2. The maximum Gasteiger partial charge on any atom is 0.277 e. The Labute approximate surface area is 210 Å². The van der Waals surface area contributed by atoms with Crippen LogP contribution in [0, 0.1) is 5.92 Å². The Morgan fingerprint density at radius 2 is 2.03 bits per heavy atom. The van der Waals surface area contributed by atoms with Gasteiger partial charge in [-0.05, 0) is 70.4 Å². The van der Waals surface area contributed by atoms with Crippen LogP contribution in [0.4, 0.5) is 11.5 Å². The van der Waals surface area contributed by atoms with Gasteiger partial charge in [-0.2, -0.15) is 17.7 Å². The molecule has 0 bridgehead atoms. The number of aliphatic hydroxyl groups is 1. The number of oxazole rings is 1. The second kappa shape index (κ2) is 9.66. The molecule has 0 radical (unpaired) electrons. The SMILES string of the molecule is CC(C)(O)c1nn([C@H]2CC[C@H](S)CC2)cc1NC(=O)c1coc(-c2ccnc(NCC3CC3)c2)n1. The van der Waals surface area contributed by atoms with Gasteiger partial charge < -0.3 is 20.2 Å². The number of amides is 1. The van der Waals surface area contributed by atoms with Crippen LogP contribution in [-0.2, 0) is 5.60 Å². The Morgan fingerprint density at radius 1 is 1.26 bits per heavy atom. The molecule has 3 aromatic rings. The highest BCUT2D eigenvalue weighted by Gasteiger charge is 2.29. The summed E-state index contributed by atoms with van der Waals surface area (Å²) in [7, 11) is 0. The van der Waals surface area contributed by atoms with Gasteiger partial charge in [0.25, 0.3) is 5.91 Å². The maximum absolute atomic E-state index is 13.0. The van der Waals surface area contributed by atoms with Crippen LogP contribution >= 0.6 is 12.6 Å². The normalized spacial score (nSPS) is 20.6. The molecule has 35 heavy (non-hydrogen) atoms. The Bertz CT molecular complexity index is 1190. The Morgan fingerprint density at radius 3 is 2.74 bits per heavy atom. The number of thiol groups is 1. The maximum atomic E-state index is 13.0. The van der Waals surface area contributed by atoms with Crippen LogP contribution in [0.3, 0.4) is 0 Å². The lowest BCUT2D eigenvalue weighted by molar-refractivity contribution is 0.0732. The molecular formula is C25H32N6O3S. The minimum Gasteiger partial charge on any atom is -0.444 e. The molecule has 3 heterocycles. The molecule has 186 valence electrons. The first-order valence-corrected chi connectivity index (χ1v) is 12.7. The zero-order valence-electron chi connectivity index (χ0n) is 20.1. The molecule has 3 N–H and O–H groups in total. The molecule has 5 rings (SSSR count). The van der Waals surface area contributed by atoms with Crippen molar-refractivity contribution in [3.8, 4) is 11.5 Å². The first kappa shape index (κ1) is 23.9. The van der Waals surface area contributed by atoms with Crippen molar-refractivity contribution in [2.75, 3.05) is 17.2 Å².